The van der Waals surface area contributed by atoms with E-state index in [1.165, 1.54) is 12.4 Å². The maximum Gasteiger partial charge on any atom is 0.208 e. The van der Waals surface area contributed by atoms with Gasteiger partial charge in [-0.05, 0) is 37.8 Å². The molecule has 1 fully saturated rings. The van der Waals surface area contributed by atoms with E-state index in [0.717, 1.165) is 25.7 Å². The van der Waals surface area contributed by atoms with Crippen LogP contribution in [0.15, 0.2) is 29.3 Å². The van der Waals surface area contributed by atoms with Gasteiger partial charge in [0.05, 0.1) is 5.66 Å². The maximum atomic E-state index is 10.6. The van der Waals surface area contributed by atoms with Gasteiger partial charge in [-0.15, -0.1) is 0 Å². The Morgan fingerprint density at radius 3 is 2.91 bits per heavy atom. The third-order valence-electron chi connectivity index (χ3n) is 4.25. The van der Waals surface area contributed by atoms with Gasteiger partial charge < -0.3 is 15.7 Å². The van der Waals surface area contributed by atoms with E-state index in [9.17, 15) is 9.90 Å². The second-order valence-corrected chi connectivity index (χ2v) is 5.99. The fourth-order valence-electron chi connectivity index (χ4n) is 3.18. The summed E-state index contributed by atoms with van der Waals surface area (Å²) in [5.74, 6) is 1.65. The quantitative estimate of drug-likeness (QED) is 0.415. The fourth-order valence-corrected chi connectivity index (χ4v) is 3.18. The molecule has 1 unspecified atom stereocenters. The smallest absolute Gasteiger partial charge is 0.208 e. The summed E-state index contributed by atoms with van der Waals surface area (Å²) in [6.07, 6.45) is 5.05. The monoisotopic (exact) mass is 315 g/mol. The van der Waals surface area contributed by atoms with Gasteiger partial charge in [0.1, 0.15) is 0 Å². The predicted molar refractivity (Wildman–Crippen MR) is 89.3 cm³/mol. The van der Waals surface area contributed by atoms with E-state index < -0.39 is 12.0 Å². The molecule has 3 rings (SSSR count). The number of aliphatic imine (C=N–C) groups is 1. The summed E-state index contributed by atoms with van der Waals surface area (Å²) in [6.45, 7) is 0. The van der Waals surface area contributed by atoms with Crippen LogP contribution in [0.5, 0.6) is 0 Å². The summed E-state index contributed by atoms with van der Waals surface area (Å²) in [4.78, 5) is 14.9. The summed E-state index contributed by atoms with van der Waals surface area (Å²) in [5, 5.41) is 19.4. The molecule has 1 heterocycles. The SMILES string of the molecule is NC1N=C(Nc2cccc(C(O)=C=O)c2)NC2(CCCCC2)N1. The van der Waals surface area contributed by atoms with Crippen molar-refractivity contribution in [2.24, 2.45) is 10.7 Å². The average Bonchev–Trinajstić information content (AvgIpc) is 2.54. The first-order valence-electron chi connectivity index (χ1n) is 7.81. The van der Waals surface area contributed by atoms with Crippen LogP contribution in [-0.2, 0) is 4.79 Å². The molecular weight excluding hydrogens is 294 g/mol. The Kier molecular flexibility index (Phi) is 4.34. The second-order valence-electron chi connectivity index (χ2n) is 5.99. The van der Waals surface area contributed by atoms with Crippen LogP contribution in [0.2, 0.25) is 0 Å². The van der Waals surface area contributed by atoms with E-state index >= 15 is 0 Å². The minimum absolute atomic E-state index is 0.218. The van der Waals surface area contributed by atoms with Crippen molar-refractivity contribution in [3.05, 3.63) is 29.8 Å². The number of hydrogen-bond donors (Lipinski definition) is 5. The number of aliphatic hydroxyl groups excluding tert-OH is 1. The highest BCUT2D eigenvalue weighted by Gasteiger charge is 2.36. The standard InChI is InChI=1S/C16H21N5O2/c17-14-19-15(21-16(20-14)7-2-1-3-8-16)18-12-6-4-5-11(9-12)13(23)10-22/h4-6,9,14,20,23H,1-3,7-8,17H2,(H2,18,19,21). The molecule has 0 bridgehead atoms. The molecule has 7 heteroatoms. The number of carbonyl (C=O) groups excluding carboxylic acids is 1. The normalized spacial score (nSPS) is 22.7. The van der Waals surface area contributed by atoms with E-state index in [2.05, 4.69) is 20.9 Å². The number of nitrogens with zero attached hydrogens (tertiary/aromatic N) is 1. The Balaban J connectivity index is 1.78. The number of anilines is 1. The highest BCUT2D eigenvalue weighted by molar-refractivity contribution is 5.95. The largest absolute Gasteiger partial charge is 0.499 e. The van der Waals surface area contributed by atoms with Crippen molar-refractivity contribution in [1.29, 1.82) is 0 Å². The molecule has 2 aliphatic rings. The Hall–Kier alpha value is -2.34. The number of hydrogen-bond acceptors (Lipinski definition) is 7. The average molecular weight is 315 g/mol. The molecule has 7 nitrogen and oxygen atoms in total. The zero-order valence-electron chi connectivity index (χ0n) is 12.8. The van der Waals surface area contributed by atoms with E-state index in [1.807, 2.05) is 6.07 Å². The number of nitrogens with one attached hydrogen (secondary N) is 3. The molecular formula is C16H21N5O2. The van der Waals surface area contributed by atoms with Gasteiger partial charge >= 0.3 is 0 Å². The lowest BCUT2D eigenvalue weighted by Gasteiger charge is -2.44. The Morgan fingerprint density at radius 1 is 1.39 bits per heavy atom. The van der Waals surface area contributed by atoms with Gasteiger partial charge in [0, 0.05) is 11.3 Å². The van der Waals surface area contributed by atoms with Crippen LogP contribution >= 0.6 is 0 Å². The van der Waals surface area contributed by atoms with Crippen LogP contribution in [-0.4, -0.2) is 29.0 Å². The molecule has 1 spiro atoms. The Morgan fingerprint density at radius 2 is 2.17 bits per heavy atom. The lowest BCUT2D eigenvalue weighted by Crippen LogP contribution is -2.68. The predicted octanol–water partition coefficient (Wildman–Crippen LogP) is 1.28. The molecule has 122 valence electrons. The van der Waals surface area contributed by atoms with Crippen LogP contribution in [0.1, 0.15) is 37.7 Å². The Bertz CT molecular complexity index is 660. The van der Waals surface area contributed by atoms with Gasteiger partial charge in [0.2, 0.25) is 5.76 Å². The van der Waals surface area contributed by atoms with Gasteiger partial charge in [-0.25, -0.2) is 9.79 Å². The number of benzene rings is 1. The number of nitrogens with two attached hydrogens (primary N) is 1. The molecule has 0 aromatic heterocycles. The fraction of sp³-hybridized carbons (Fsp3) is 0.438. The molecule has 1 aliphatic heterocycles. The third-order valence-corrected chi connectivity index (χ3v) is 4.25. The highest BCUT2D eigenvalue weighted by Crippen LogP contribution is 2.27. The number of rotatable bonds is 2. The van der Waals surface area contributed by atoms with Crippen molar-refractivity contribution in [1.82, 2.24) is 10.6 Å². The van der Waals surface area contributed by atoms with Crippen molar-refractivity contribution in [3.8, 4) is 0 Å². The topological polar surface area (TPSA) is 112 Å². The van der Waals surface area contributed by atoms with Crippen molar-refractivity contribution in [2.75, 3.05) is 5.32 Å². The Labute approximate surface area is 134 Å². The second kappa shape index (κ2) is 6.42. The molecule has 0 radical (unpaired) electrons. The molecule has 0 saturated heterocycles. The zero-order valence-corrected chi connectivity index (χ0v) is 12.8. The van der Waals surface area contributed by atoms with Gasteiger partial charge in [-0.1, -0.05) is 18.6 Å². The van der Waals surface area contributed by atoms with Gasteiger partial charge in [-0.2, -0.15) is 0 Å². The van der Waals surface area contributed by atoms with Gasteiger partial charge in [-0.3, -0.25) is 11.1 Å². The molecule has 0 amide bonds. The minimum Gasteiger partial charge on any atom is -0.499 e. The van der Waals surface area contributed by atoms with E-state index in [4.69, 9.17) is 5.73 Å². The van der Waals surface area contributed by atoms with Crippen LogP contribution in [0, 0.1) is 0 Å². The molecule has 1 aromatic rings. The van der Waals surface area contributed by atoms with E-state index in [0.29, 0.717) is 17.2 Å². The van der Waals surface area contributed by atoms with Crippen molar-refractivity contribution in [3.63, 3.8) is 0 Å². The molecule has 1 atom stereocenters. The number of guanidine groups is 1. The summed E-state index contributed by atoms with van der Waals surface area (Å²) < 4.78 is 0. The maximum absolute atomic E-state index is 10.6. The first-order chi connectivity index (χ1) is 11.1. The van der Waals surface area contributed by atoms with Crippen molar-refractivity contribution < 1.29 is 9.90 Å². The van der Waals surface area contributed by atoms with Crippen LogP contribution in [0.25, 0.3) is 5.76 Å². The molecule has 1 saturated carbocycles. The number of aliphatic hydroxyl groups is 1. The molecule has 1 aromatic carbocycles. The zero-order chi connectivity index (χ0) is 16.3. The summed E-state index contributed by atoms with van der Waals surface area (Å²) >= 11 is 0. The van der Waals surface area contributed by atoms with Crippen molar-refractivity contribution >= 4 is 23.3 Å². The van der Waals surface area contributed by atoms with Crippen LogP contribution in [0.4, 0.5) is 5.69 Å². The molecule has 6 N–H and O–H groups in total. The van der Waals surface area contributed by atoms with Crippen LogP contribution in [0.3, 0.4) is 0 Å². The lowest BCUT2D eigenvalue weighted by atomic mass is 9.88. The first kappa shape index (κ1) is 15.6. The van der Waals surface area contributed by atoms with E-state index in [-0.39, 0.29) is 5.66 Å². The van der Waals surface area contributed by atoms with Gasteiger partial charge in [0.15, 0.2) is 18.2 Å². The summed E-state index contributed by atoms with van der Waals surface area (Å²) in [5.41, 5.74) is 6.90. The summed E-state index contributed by atoms with van der Waals surface area (Å²) in [7, 11) is 0. The first-order valence-corrected chi connectivity index (χ1v) is 7.81. The lowest BCUT2D eigenvalue weighted by molar-refractivity contribution is 0.179. The van der Waals surface area contributed by atoms with Crippen molar-refractivity contribution in [2.45, 2.75) is 44.1 Å². The third kappa shape index (κ3) is 3.53. The van der Waals surface area contributed by atoms with Crippen LogP contribution < -0.4 is 21.7 Å². The summed E-state index contributed by atoms with van der Waals surface area (Å²) in [6, 6.07) is 6.86. The minimum atomic E-state index is -0.469. The van der Waals surface area contributed by atoms with Gasteiger partial charge in [0.25, 0.3) is 0 Å². The molecule has 23 heavy (non-hydrogen) atoms. The highest BCUT2D eigenvalue weighted by atomic mass is 16.3. The molecule has 1 aliphatic carbocycles. The van der Waals surface area contributed by atoms with E-state index in [1.54, 1.807) is 18.2 Å².